The van der Waals surface area contributed by atoms with Crippen molar-refractivity contribution in [2.45, 2.75) is 77.7 Å². The highest BCUT2D eigenvalue weighted by Gasteiger charge is 2.31. The number of aromatic hydroxyl groups is 1. The molecule has 1 unspecified atom stereocenters. The zero-order valence-corrected chi connectivity index (χ0v) is 20.4. The first-order chi connectivity index (χ1) is 13.5. The predicted octanol–water partition coefficient (Wildman–Crippen LogP) is 7.33. The summed E-state index contributed by atoms with van der Waals surface area (Å²) < 4.78 is 1.08. The fourth-order valence-electron chi connectivity index (χ4n) is 4.31. The monoisotopic (exact) mass is 457 g/mol. The van der Waals surface area contributed by atoms with Crippen molar-refractivity contribution >= 4 is 15.9 Å². The summed E-state index contributed by atoms with van der Waals surface area (Å²) >= 11 is 3.66. The Kier molecular flexibility index (Phi) is 6.50. The van der Waals surface area contributed by atoms with E-state index >= 15 is 0 Å². The van der Waals surface area contributed by atoms with Gasteiger partial charge in [0.05, 0.1) is 6.04 Å². The minimum atomic E-state index is -0.121. The second-order valence-electron chi connectivity index (χ2n) is 10.5. The first-order valence-corrected chi connectivity index (χ1v) is 11.6. The molecular weight excluding hydrogens is 422 g/mol. The lowest BCUT2D eigenvalue weighted by Crippen LogP contribution is -2.35. The molecule has 29 heavy (non-hydrogen) atoms. The normalized spacial score (nSPS) is 17.3. The summed E-state index contributed by atoms with van der Waals surface area (Å²) in [6.07, 6.45) is 3.73. The second-order valence-corrected chi connectivity index (χ2v) is 11.4. The highest BCUT2D eigenvalue weighted by Crippen LogP contribution is 2.44. The lowest BCUT2D eigenvalue weighted by Gasteiger charge is -2.37. The van der Waals surface area contributed by atoms with E-state index in [1.54, 1.807) is 0 Å². The van der Waals surface area contributed by atoms with Crippen LogP contribution in [-0.2, 0) is 10.8 Å². The predicted molar refractivity (Wildman–Crippen MR) is 127 cm³/mol. The Morgan fingerprint density at radius 3 is 2.10 bits per heavy atom. The highest BCUT2D eigenvalue weighted by atomic mass is 79.9. The van der Waals surface area contributed by atoms with Crippen molar-refractivity contribution in [3.63, 3.8) is 0 Å². The lowest BCUT2D eigenvalue weighted by atomic mass is 9.77. The molecule has 0 aliphatic carbocycles. The first kappa shape index (κ1) is 22.4. The van der Waals surface area contributed by atoms with Crippen molar-refractivity contribution in [2.75, 3.05) is 13.1 Å². The average molecular weight is 458 g/mol. The van der Waals surface area contributed by atoms with Crippen LogP contribution in [0.2, 0.25) is 0 Å². The van der Waals surface area contributed by atoms with E-state index in [0.29, 0.717) is 5.75 Å². The minimum absolute atomic E-state index is 0.0200. The zero-order valence-electron chi connectivity index (χ0n) is 18.8. The summed E-state index contributed by atoms with van der Waals surface area (Å²) in [6, 6.07) is 13.1. The number of hydrogen-bond acceptors (Lipinski definition) is 2. The summed E-state index contributed by atoms with van der Waals surface area (Å²) in [5.41, 5.74) is 4.50. The largest absolute Gasteiger partial charge is 0.507 e. The van der Waals surface area contributed by atoms with Gasteiger partial charge in [0.1, 0.15) is 5.75 Å². The molecule has 0 spiro atoms. The fourth-order valence-corrected chi connectivity index (χ4v) is 4.73. The number of likely N-dealkylation sites (tertiary alicyclic amines) is 1. The molecule has 0 radical (unpaired) electrons. The molecule has 0 amide bonds. The van der Waals surface area contributed by atoms with Gasteiger partial charge in [-0.25, -0.2) is 0 Å². The second kappa shape index (κ2) is 8.43. The van der Waals surface area contributed by atoms with Crippen LogP contribution in [0.4, 0.5) is 0 Å². The Morgan fingerprint density at radius 1 is 0.897 bits per heavy atom. The van der Waals surface area contributed by atoms with Gasteiger partial charge in [0.25, 0.3) is 0 Å². The van der Waals surface area contributed by atoms with E-state index in [0.717, 1.165) is 28.7 Å². The van der Waals surface area contributed by atoms with Gasteiger partial charge in [0.2, 0.25) is 0 Å². The summed E-state index contributed by atoms with van der Waals surface area (Å²) in [5.74, 6) is 0.459. The Labute approximate surface area is 185 Å². The molecule has 158 valence electrons. The molecule has 1 aliphatic rings. The number of hydrogen-bond donors (Lipinski definition) is 1. The number of phenolic OH excluding ortho intramolecular Hbond substituents is 1. The molecule has 1 fully saturated rings. The van der Waals surface area contributed by atoms with E-state index in [1.807, 2.05) is 0 Å². The molecular formula is C26H36BrNO. The zero-order chi connectivity index (χ0) is 21.4. The van der Waals surface area contributed by atoms with E-state index in [-0.39, 0.29) is 16.9 Å². The van der Waals surface area contributed by atoms with E-state index in [1.165, 1.54) is 30.4 Å². The van der Waals surface area contributed by atoms with Crippen LogP contribution in [0.15, 0.2) is 40.9 Å². The van der Waals surface area contributed by atoms with Crippen molar-refractivity contribution in [1.82, 2.24) is 4.90 Å². The quantitative estimate of drug-likeness (QED) is 0.521. The highest BCUT2D eigenvalue weighted by molar-refractivity contribution is 9.10. The molecule has 3 rings (SSSR count). The van der Waals surface area contributed by atoms with E-state index in [9.17, 15) is 5.11 Å². The summed E-state index contributed by atoms with van der Waals surface area (Å²) in [5, 5.41) is 11.5. The average Bonchev–Trinajstić information content (AvgIpc) is 2.62. The van der Waals surface area contributed by atoms with Gasteiger partial charge >= 0.3 is 0 Å². The van der Waals surface area contributed by atoms with Crippen molar-refractivity contribution < 1.29 is 5.11 Å². The van der Waals surface area contributed by atoms with E-state index in [2.05, 4.69) is 98.8 Å². The van der Waals surface area contributed by atoms with Gasteiger partial charge in [-0.15, -0.1) is 0 Å². The van der Waals surface area contributed by atoms with Gasteiger partial charge in [-0.3, -0.25) is 4.90 Å². The number of nitrogens with zero attached hydrogens (tertiary/aromatic N) is 1. The number of halogens is 1. The van der Waals surface area contributed by atoms with E-state index in [4.69, 9.17) is 0 Å². The van der Waals surface area contributed by atoms with Gasteiger partial charge in [0, 0.05) is 10.0 Å². The molecule has 0 bridgehead atoms. The maximum atomic E-state index is 11.5. The number of rotatable bonds is 3. The van der Waals surface area contributed by atoms with Crippen LogP contribution in [0.3, 0.4) is 0 Å². The molecule has 0 saturated carbocycles. The van der Waals surface area contributed by atoms with Gasteiger partial charge in [-0.2, -0.15) is 0 Å². The number of benzene rings is 2. The van der Waals surface area contributed by atoms with Crippen LogP contribution in [0.1, 0.15) is 89.1 Å². The minimum Gasteiger partial charge on any atom is -0.507 e. The third-order valence-electron chi connectivity index (χ3n) is 6.03. The third-order valence-corrected chi connectivity index (χ3v) is 6.52. The SMILES string of the molecule is CC(C)(C)c1cc(C(c2cccc(Br)c2)N2CCCCC2)c(O)c(C(C)(C)C)c1. The molecule has 1 heterocycles. The van der Waals surface area contributed by atoms with Crippen molar-refractivity contribution in [2.24, 2.45) is 0 Å². The van der Waals surface area contributed by atoms with Crippen LogP contribution < -0.4 is 0 Å². The molecule has 1 saturated heterocycles. The molecule has 1 N–H and O–H groups in total. The molecule has 3 heteroatoms. The van der Waals surface area contributed by atoms with Gasteiger partial charge < -0.3 is 5.11 Å². The maximum Gasteiger partial charge on any atom is 0.124 e. The van der Waals surface area contributed by atoms with Crippen LogP contribution in [0, 0.1) is 0 Å². The summed E-state index contributed by atoms with van der Waals surface area (Å²) in [4.78, 5) is 2.55. The number of phenols is 1. The number of piperidine rings is 1. The molecule has 0 aromatic heterocycles. The molecule has 2 nitrogen and oxygen atoms in total. The molecule has 1 atom stereocenters. The van der Waals surface area contributed by atoms with Gasteiger partial charge in [-0.1, -0.05) is 82.1 Å². The molecule has 2 aromatic carbocycles. The maximum absolute atomic E-state index is 11.5. The summed E-state index contributed by atoms with van der Waals surface area (Å²) in [7, 11) is 0. The Hall–Kier alpha value is -1.32. The molecule has 2 aromatic rings. The Bertz CT molecular complexity index is 854. The third kappa shape index (κ3) is 5.06. The standard InChI is InChI=1S/C26H36BrNO/c1-25(2,3)19-16-21(24(29)22(17-19)26(4,5)6)23(28-13-8-7-9-14-28)18-11-10-12-20(27)15-18/h10-12,15-17,23,29H,7-9,13-14H2,1-6H3. The Morgan fingerprint density at radius 2 is 1.55 bits per heavy atom. The van der Waals surface area contributed by atoms with Gasteiger partial charge in [0.15, 0.2) is 0 Å². The van der Waals surface area contributed by atoms with E-state index < -0.39 is 0 Å². The van der Waals surface area contributed by atoms with Crippen LogP contribution in [0.25, 0.3) is 0 Å². The van der Waals surface area contributed by atoms with Crippen molar-refractivity contribution in [1.29, 1.82) is 0 Å². The van der Waals surface area contributed by atoms with Crippen molar-refractivity contribution in [3.05, 3.63) is 63.1 Å². The van der Waals surface area contributed by atoms with Crippen LogP contribution in [0.5, 0.6) is 5.75 Å². The molecule has 1 aliphatic heterocycles. The van der Waals surface area contributed by atoms with Crippen molar-refractivity contribution in [3.8, 4) is 5.75 Å². The summed E-state index contributed by atoms with van der Waals surface area (Å²) in [6.45, 7) is 15.5. The van der Waals surface area contributed by atoms with Crippen LogP contribution >= 0.6 is 15.9 Å². The topological polar surface area (TPSA) is 23.5 Å². The lowest BCUT2D eigenvalue weighted by molar-refractivity contribution is 0.184. The van der Waals surface area contributed by atoms with Gasteiger partial charge in [-0.05, 0) is 71.7 Å². The Balaban J connectivity index is 2.26. The smallest absolute Gasteiger partial charge is 0.124 e. The van der Waals surface area contributed by atoms with Crippen LogP contribution in [-0.4, -0.2) is 23.1 Å². The fraction of sp³-hybridized carbons (Fsp3) is 0.538. The first-order valence-electron chi connectivity index (χ1n) is 10.9.